The van der Waals surface area contributed by atoms with E-state index in [0.29, 0.717) is 18.8 Å². The molecule has 1 nitrogen and oxygen atoms in total. The molecule has 1 aliphatic rings. The van der Waals surface area contributed by atoms with Gasteiger partial charge in [0.1, 0.15) is 0 Å². The zero-order valence-electron chi connectivity index (χ0n) is 11.0. The predicted octanol–water partition coefficient (Wildman–Crippen LogP) is 4.13. The van der Waals surface area contributed by atoms with E-state index in [-0.39, 0.29) is 18.5 Å². The van der Waals surface area contributed by atoms with Crippen LogP contribution in [0.4, 0.5) is 13.2 Å². The Morgan fingerprint density at radius 1 is 1.18 bits per heavy atom. The van der Waals surface area contributed by atoms with Crippen molar-refractivity contribution in [2.45, 2.75) is 71.1 Å². The molecular formula is C13H24F3N. The Hall–Kier alpha value is -0.250. The lowest BCUT2D eigenvalue weighted by molar-refractivity contribution is -0.189. The fourth-order valence-electron chi connectivity index (χ4n) is 2.78. The van der Waals surface area contributed by atoms with E-state index in [4.69, 9.17) is 0 Å². The largest absolute Gasteiger partial charge is 0.393 e. The summed E-state index contributed by atoms with van der Waals surface area (Å²) in [5, 5.41) is 3.24. The molecule has 4 heteroatoms. The quantitative estimate of drug-likeness (QED) is 0.792. The predicted molar refractivity (Wildman–Crippen MR) is 63.9 cm³/mol. The highest BCUT2D eigenvalue weighted by Crippen LogP contribution is 2.38. The highest BCUT2D eigenvalue weighted by atomic mass is 19.4. The number of halogens is 3. The molecule has 0 aromatic heterocycles. The van der Waals surface area contributed by atoms with E-state index < -0.39 is 12.1 Å². The highest BCUT2D eigenvalue weighted by Gasteiger charge is 2.45. The molecule has 17 heavy (non-hydrogen) atoms. The molecule has 0 saturated heterocycles. The van der Waals surface area contributed by atoms with Crippen molar-refractivity contribution in [2.75, 3.05) is 0 Å². The van der Waals surface area contributed by atoms with Crippen LogP contribution in [0.2, 0.25) is 0 Å². The van der Waals surface area contributed by atoms with Crippen molar-refractivity contribution in [3.05, 3.63) is 0 Å². The Balaban J connectivity index is 2.65. The third-order valence-corrected chi connectivity index (χ3v) is 3.86. The molecule has 0 amide bonds. The van der Waals surface area contributed by atoms with Crippen LogP contribution in [-0.4, -0.2) is 18.3 Å². The van der Waals surface area contributed by atoms with E-state index in [0.717, 1.165) is 12.8 Å². The van der Waals surface area contributed by atoms with Gasteiger partial charge < -0.3 is 5.32 Å². The smallest absolute Gasteiger partial charge is 0.310 e. The molecule has 0 bridgehead atoms. The van der Waals surface area contributed by atoms with Crippen LogP contribution in [0.3, 0.4) is 0 Å². The zero-order valence-corrected chi connectivity index (χ0v) is 11.0. The molecule has 3 atom stereocenters. The van der Waals surface area contributed by atoms with Gasteiger partial charge in [-0.05, 0) is 25.2 Å². The third kappa shape index (κ3) is 4.16. The summed E-state index contributed by atoms with van der Waals surface area (Å²) in [5.74, 6) is -0.764. The van der Waals surface area contributed by atoms with Gasteiger partial charge in [0.25, 0.3) is 0 Å². The summed E-state index contributed by atoms with van der Waals surface area (Å²) in [6, 6.07) is -0.181. The lowest BCUT2D eigenvalue weighted by Gasteiger charge is -2.37. The first kappa shape index (κ1) is 14.8. The van der Waals surface area contributed by atoms with Gasteiger partial charge in [0.15, 0.2) is 0 Å². The molecule has 102 valence electrons. The number of hydrogen-bond donors (Lipinski definition) is 1. The van der Waals surface area contributed by atoms with E-state index in [9.17, 15) is 13.2 Å². The summed E-state index contributed by atoms with van der Waals surface area (Å²) in [4.78, 5) is 0. The van der Waals surface area contributed by atoms with E-state index in [1.807, 2.05) is 6.92 Å². The van der Waals surface area contributed by atoms with Crippen molar-refractivity contribution in [1.29, 1.82) is 0 Å². The molecule has 1 aliphatic carbocycles. The second kappa shape index (κ2) is 6.07. The summed E-state index contributed by atoms with van der Waals surface area (Å²) in [6.45, 7) is 6.16. The Bertz CT molecular complexity index is 225. The first-order valence-electron chi connectivity index (χ1n) is 6.69. The second-order valence-electron chi connectivity index (χ2n) is 5.46. The number of nitrogens with one attached hydrogen (secondary N) is 1. The topological polar surface area (TPSA) is 12.0 Å². The van der Waals surface area contributed by atoms with Crippen molar-refractivity contribution >= 4 is 0 Å². The van der Waals surface area contributed by atoms with Crippen LogP contribution in [0.1, 0.15) is 52.9 Å². The van der Waals surface area contributed by atoms with Crippen molar-refractivity contribution in [2.24, 2.45) is 11.8 Å². The monoisotopic (exact) mass is 251 g/mol. The fraction of sp³-hybridized carbons (Fsp3) is 1.00. The van der Waals surface area contributed by atoms with Crippen LogP contribution in [0.5, 0.6) is 0 Å². The van der Waals surface area contributed by atoms with Gasteiger partial charge in [0.05, 0.1) is 5.92 Å². The van der Waals surface area contributed by atoms with E-state index in [1.54, 1.807) is 0 Å². The Kier molecular flexibility index (Phi) is 5.29. The third-order valence-electron chi connectivity index (χ3n) is 3.86. The Morgan fingerprint density at radius 3 is 2.24 bits per heavy atom. The van der Waals surface area contributed by atoms with E-state index >= 15 is 0 Å². The summed E-state index contributed by atoms with van der Waals surface area (Å²) >= 11 is 0. The molecular weight excluding hydrogens is 227 g/mol. The second-order valence-corrected chi connectivity index (χ2v) is 5.46. The van der Waals surface area contributed by atoms with E-state index in [1.165, 1.54) is 0 Å². The van der Waals surface area contributed by atoms with Gasteiger partial charge >= 0.3 is 6.18 Å². The molecule has 0 heterocycles. The maximum absolute atomic E-state index is 12.9. The van der Waals surface area contributed by atoms with Crippen LogP contribution in [0.25, 0.3) is 0 Å². The minimum absolute atomic E-state index is 0.197. The molecule has 1 saturated carbocycles. The SMILES string of the molecule is CCC(NC1CCCCC1C(F)(F)F)C(C)C. The van der Waals surface area contributed by atoms with Gasteiger partial charge in [-0.1, -0.05) is 33.6 Å². The first-order chi connectivity index (χ1) is 7.86. The average Bonchev–Trinajstić information content (AvgIpc) is 2.24. The van der Waals surface area contributed by atoms with Crippen LogP contribution < -0.4 is 5.32 Å². The zero-order chi connectivity index (χ0) is 13.1. The van der Waals surface area contributed by atoms with Crippen molar-refractivity contribution < 1.29 is 13.2 Å². The van der Waals surface area contributed by atoms with Crippen molar-refractivity contribution in [3.63, 3.8) is 0 Å². The van der Waals surface area contributed by atoms with Crippen LogP contribution in [0.15, 0.2) is 0 Å². The molecule has 3 unspecified atom stereocenters. The highest BCUT2D eigenvalue weighted by molar-refractivity contribution is 4.88. The van der Waals surface area contributed by atoms with Gasteiger partial charge in [-0.3, -0.25) is 0 Å². The Morgan fingerprint density at radius 2 is 1.76 bits per heavy atom. The van der Waals surface area contributed by atoms with Gasteiger partial charge in [0.2, 0.25) is 0 Å². The lowest BCUT2D eigenvalue weighted by Crippen LogP contribution is -2.50. The van der Waals surface area contributed by atoms with Gasteiger partial charge in [0, 0.05) is 12.1 Å². The molecule has 1 N–H and O–H groups in total. The summed E-state index contributed by atoms with van der Waals surface area (Å²) < 4.78 is 38.7. The van der Waals surface area contributed by atoms with Crippen molar-refractivity contribution in [3.8, 4) is 0 Å². The van der Waals surface area contributed by atoms with Crippen LogP contribution in [0, 0.1) is 11.8 Å². The summed E-state index contributed by atoms with van der Waals surface area (Å²) in [7, 11) is 0. The molecule has 0 aliphatic heterocycles. The van der Waals surface area contributed by atoms with Crippen molar-refractivity contribution in [1.82, 2.24) is 5.32 Å². The number of alkyl halides is 3. The van der Waals surface area contributed by atoms with Gasteiger partial charge in [-0.2, -0.15) is 13.2 Å². The maximum atomic E-state index is 12.9. The minimum atomic E-state index is -4.05. The molecule has 0 aromatic rings. The fourth-order valence-corrected chi connectivity index (χ4v) is 2.78. The first-order valence-corrected chi connectivity index (χ1v) is 6.69. The number of hydrogen-bond acceptors (Lipinski definition) is 1. The normalized spacial score (nSPS) is 28.4. The van der Waals surface area contributed by atoms with Crippen LogP contribution >= 0.6 is 0 Å². The van der Waals surface area contributed by atoms with Crippen LogP contribution in [-0.2, 0) is 0 Å². The summed E-state index contributed by atoms with van der Waals surface area (Å²) in [5.41, 5.74) is 0. The molecule has 0 radical (unpaired) electrons. The van der Waals surface area contributed by atoms with Gasteiger partial charge in [-0.25, -0.2) is 0 Å². The Labute approximate surface area is 102 Å². The standard InChI is InChI=1S/C13H24F3N/c1-4-11(9(2)3)17-12-8-6-5-7-10(12)13(14,15)16/h9-12,17H,4-8H2,1-3H3. The molecule has 1 fully saturated rings. The summed E-state index contributed by atoms with van der Waals surface area (Å²) in [6.07, 6.45) is -0.588. The van der Waals surface area contributed by atoms with Gasteiger partial charge in [-0.15, -0.1) is 0 Å². The minimum Gasteiger partial charge on any atom is -0.310 e. The van der Waals surface area contributed by atoms with E-state index in [2.05, 4.69) is 19.2 Å². The maximum Gasteiger partial charge on any atom is 0.393 e. The average molecular weight is 251 g/mol. The number of rotatable bonds is 4. The molecule has 0 aromatic carbocycles. The lowest BCUT2D eigenvalue weighted by atomic mass is 9.83. The molecule has 0 spiro atoms. The molecule has 1 rings (SSSR count).